The third-order valence-corrected chi connectivity index (χ3v) is 10.3. The first-order chi connectivity index (χ1) is 28.2. The van der Waals surface area contributed by atoms with Crippen LogP contribution in [0.15, 0.2) is 91.3 Å². The molecule has 15 heteroatoms. The first kappa shape index (κ1) is 40.6. The van der Waals surface area contributed by atoms with Crippen molar-refractivity contribution in [3.8, 4) is 34.1 Å². The smallest absolute Gasteiger partial charge is 0.259 e. The van der Waals surface area contributed by atoms with E-state index in [0.717, 1.165) is 56.0 Å². The molecule has 3 aromatic heterocycles. The molecule has 0 saturated carbocycles. The van der Waals surface area contributed by atoms with Crippen LogP contribution in [0.4, 0.5) is 26.1 Å². The van der Waals surface area contributed by atoms with E-state index in [-0.39, 0.29) is 17.4 Å². The summed E-state index contributed by atoms with van der Waals surface area (Å²) in [7, 11) is 1.51. The van der Waals surface area contributed by atoms with Crippen molar-refractivity contribution >= 4 is 40.9 Å². The Hall–Kier alpha value is -5.61. The number of nitrogens with one attached hydrogen (secondary N) is 2. The van der Waals surface area contributed by atoms with Gasteiger partial charge in [0.15, 0.2) is 0 Å². The average Bonchev–Trinajstić information content (AvgIpc) is 3.62. The van der Waals surface area contributed by atoms with Gasteiger partial charge in [0.25, 0.3) is 5.91 Å². The van der Waals surface area contributed by atoms with Crippen molar-refractivity contribution in [2.75, 3.05) is 49.7 Å². The van der Waals surface area contributed by atoms with Crippen molar-refractivity contribution in [2.24, 2.45) is 0 Å². The maximum absolute atomic E-state index is 14.6. The number of benzene rings is 3. The van der Waals surface area contributed by atoms with E-state index in [2.05, 4.69) is 37.5 Å². The maximum atomic E-state index is 14.6. The SMILES string of the molecule is CCOc1cc(C2CCN(CCSOOC)CC2)ccc1Nc1nccc(-c2c(-c3ccc(OC(C)C)c(C(=O)Nc4c(F)cccc4F)c3)nc3ccccn23)n1. The minimum absolute atomic E-state index is 0.0755. The van der Waals surface area contributed by atoms with Crippen LogP contribution in [0.25, 0.3) is 28.3 Å². The van der Waals surface area contributed by atoms with Crippen molar-refractivity contribution < 1.29 is 32.3 Å². The lowest BCUT2D eigenvalue weighted by Crippen LogP contribution is -2.34. The largest absolute Gasteiger partial charge is 0.492 e. The van der Waals surface area contributed by atoms with Gasteiger partial charge >= 0.3 is 0 Å². The number of aromatic nitrogens is 4. The van der Waals surface area contributed by atoms with Crippen LogP contribution < -0.4 is 20.1 Å². The molecule has 0 bridgehead atoms. The van der Waals surface area contributed by atoms with Crippen LogP contribution in [-0.2, 0) is 9.22 Å². The average molecular weight is 810 g/mol. The standard InChI is InChI=1S/C43H45F2N7O5S/c1-5-55-37-26-29(28-17-21-51(22-18-28)23-24-58-57-54-4)12-14-34(37)47-43-46-19-16-35(48-43)41-39(49-38-11-6-7-20-52(38)41)30-13-15-36(56-27(2)3)31(25-30)42(53)50-40-32(44)9-8-10-33(40)45/h6-16,19-20,25-28H,5,17-18,21-24H2,1-4H3,(H,50,53)(H,46,47,48). The number of likely N-dealkylation sites (tertiary alicyclic amines) is 1. The monoisotopic (exact) mass is 809 g/mol. The van der Waals surface area contributed by atoms with E-state index in [0.29, 0.717) is 52.5 Å². The van der Waals surface area contributed by atoms with Gasteiger partial charge in [-0.3, -0.25) is 9.20 Å². The minimum Gasteiger partial charge on any atom is -0.492 e. The number of para-hydroxylation sites is 1. The van der Waals surface area contributed by atoms with Gasteiger partial charge in [-0.2, -0.15) is 4.33 Å². The fourth-order valence-corrected chi connectivity index (χ4v) is 7.53. The van der Waals surface area contributed by atoms with Crippen LogP contribution >= 0.6 is 12.0 Å². The molecule has 3 aromatic carbocycles. The predicted octanol–water partition coefficient (Wildman–Crippen LogP) is 9.32. The van der Waals surface area contributed by atoms with E-state index in [1.165, 1.54) is 30.8 Å². The third-order valence-electron chi connectivity index (χ3n) is 9.71. The Morgan fingerprint density at radius 1 is 0.966 bits per heavy atom. The molecule has 12 nitrogen and oxygen atoms in total. The molecule has 1 amide bonds. The predicted molar refractivity (Wildman–Crippen MR) is 222 cm³/mol. The van der Waals surface area contributed by atoms with Crippen LogP contribution in [0.5, 0.6) is 11.5 Å². The number of amides is 1. The summed E-state index contributed by atoms with van der Waals surface area (Å²) in [4.78, 5) is 35.3. The lowest BCUT2D eigenvalue weighted by Gasteiger charge is -2.32. The zero-order valence-corrected chi connectivity index (χ0v) is 33.5. The Bertz CT molecular complexity index is 2350. The van der Waals surface area contributed by atoms with Gasteiger partial charge in [-0.05, 0) is 119 Å². The van der Waals surface area contributed by atoms with E-state index in [4.69, 9.17) is 23.8 Å². The van der Waals surface area contributed by atoms with E-state index in [1.807, 2.05) is 55.6 Å². The topological polar surface area (TPSA) is 124 Å². The van der Waals surface area contributed by atoms with E-state index in [9.17, 15) is 13.6 Å². The molecule has 0 unspecified atom stereocenters. The zero-order valence-electron chi connectivity index (χ0n) is 32.7. The number of fused-ring (bicyclic) bond motifs is 1. The Balaban J connectivity index is 1.18. The van der Waals surface area contributed by atoms with Gasteiger partial charge in [0.1, 0.15) is 34.5 Å². The number of halogens is 2. The van der Waals surface area contributed by atoms with Crippen molar-refractivity contribution in [3.63, 3.8) is 0 Å². The van der Waals surface area contributed by atoms with Crippen LogP contribution in [0.2, 0.25) is 0 Å². The molecule has 1 saturated heterocycles. The molecule has 4 heterocycles. The highest BCUT2D eigenvalue weighted by Gasteiger charge is 2.24. The maximum Gasteiger partial charge on any atom is 0.259 e. The van der Waals surface area contributed by atoms with Gasteiger partial charge < -0.3 is 25.0 Å². The summed E-state index contributed by atoms with van der Waals surface area (Å²) in [5, 5.41) is 5.77. The van der Waals surface area contributed by atoms with Crippen molar-refractivity contribution in [2.45, 2.75) is 45.6 Å². The fraction of sp³-hybridized carbons (Fsp3) is 0.302. The Morgan fingerprint density at radius 2 is 1.78 bits per heavy atom. The second-order valence-electron chi connectivity index (χ2n) is 13.9. The van der Waals surface area contributed by atoms with Crippen LogP contribution in [-0.4, -0.2) is 75.4 Å². The van der Waals surface area contributed by atoms with Gasteiger partial charge in [0, 0.05) is 42.3 Å². The highest BCUT2D eigenvalue weighted by molar-refractivity contribution is 7.94. The van der Waals surface area contributed by atoms with Crippen molar-refractivity contribution in [1.82, 2.24) is 24.3 Å². The molecule has 0 atom stereocenters. The highest BCUT2D eigenvalue weighted by atomic mass is 32.2. The lowest BCUT2D eigenvalue weighted by molar-refractivity contribution is -0.160. The lowest BCUT2D eigenvalue weighted by atomic mass is 9.89. The van der Waals surface area contributed by atoms with Gasteiger partial charge in [-0.25, -0.2) is 28.6 Å². The number of pyridine rings is 1. The summed E-state index contributed by atoms with van der Waals surface area (Å²) < 4.78 is 48.1. The highest BCUT2D eigenvalue weighted by Crippen LogP contribution is 2.38. The van der Waals surface area contributed by atoms with E-state index < -0.39 is 23.2 Å². The molecule has 0 radical (unpaired) electrons. The molecule has 0 spiro atoms. The molecule has 58 heavy (non-hydrogen) atoms. The zero-order chi connectivity index (χ0) is 40.6. The van der Waals surface area contributed by atoms with Crippen molar-refractivity contribution in [3.05, 3.63) is 114 Å². The van der Waals surface area contributed by atoms with Crippen LogP contribution in [0.1, 0.15) is 55.5 Å². The fourth-order valence-electron chi connectivity index (χ4n) is 7.03. The number of ether oxygens (including phenoxy) is 2. The second-order valence-corrected chi connectivity index (χ2v) is 14.7. The minimum atomic E-state index is -0.896. The number of nitrogens with zero attached hydrogens (tertiary/aromatic N) is 5. The molecule has 302 valence electrons. The van der Waals surface area contributed by atoms with Crippen molar-refractivity contribution in [1.29, 1.82) is 0 Å². The number of imidazole rings is 1. The summed E-state index contributed by atoms with van der Waals surface area (Å²) >= 11 is 1.32. The second kappa shape index (κ2) is 18.8. The normalized spacial score (nSPS) is 13.6. The van der Waals surface area contributed by atoms with Gasteiger partial charge in [0.2, 0.25) is 5.95 Å². The van der Waals surface area contributed by atoms with E-state index in [1.54, 1.807) is 30.5 Å². The summed E-state index contributed by atoms with van der Waals surface area (Å²) in [5.74, 6) is 0.0306. The number of anilines is 3. The number of hydrogen-bond donors (Lipinski definition) is 2. The summed E-state index contributed by atoms with van der Waals surface area (Å²) in [6, 6.07) is 22.1. The van der Waals surface area contributed by atoms with Gasteiger partial charge in [-0.1, -0.05) is 18.2 Å². The van der Waals surface area contributed by atoms with Crippen LogP contribution in [0, 0.1) is 11.6 Å². The molecule has 2 N–H and O–H groups in total. The summed E-state index contributed by atoms with van der Waals surface area (Å²) in [6.07, 6.45) is 5.36. The third kappa shape index (κ3) is 9.39. The molecule has 6 aromatic rings. The number of hydrogen-bond acceptors (Lipinski definition) is 11. The molecular weight excluding hydrogens is 765 g/mol. The Kier molecular flexibility index (Phi) is 13.1. The Morgan fingerprint density at radius 3 is 2.53 bits per heavy atom. The number of rotatable bonds is 16. The number of carbonyl (C=O) groups excluding carboxylic acids is 1. The molecule has 1 fully saturated rings. The van der Waals surface area contributed by atoms with E-state index >= 15 is 0 Å². The molecule has 1 aliphatic rings. The molecule has 0 aliphatic carbocycles. The van der Waals surface area contributed by atoms with Gasteiger partial charge in [-0.15, -0.1) is 0 Å². The summed E-state index contributed by atoms with van der Waals surface area (Å²) in [5.41, 5.74) is 4.40. The molecule has 1 aliphatic heterocycles. The first-order valence-corrected chi connectivity index (χ1v) is 20.1. The quantitative estimate of drug-likeness (QED) is 0.0421. The number of piperidine rings is 1. The molecular formula is C43H45F2N7O5S. The molecule has 7 rings (SSSR count). The Labute approximate surface area is 340 Å². The van der Waals surface area contributed by atoms with Gasteiger partial charge in [0.05, 0.1) is 48.2 Å². The first-order valence-electron chi connectivity index (χ1n) is 19.2. The summed E-state index contributed by atoms with van der Waals surface area (Å²) in [6.45, 7) is 9.05. The number of carbonyl (C=O) groups is 1. The van der Waals surface area contributed by atoms with Crippen LogP contribution in [0.3, 0.4) is 0 Å².